The van der Waals surface area contributed by atoms with Crippen LogP contribution in [0.25, 0.3) is 17.0 Å². The number of fused-ring (bicyclic) bond motifs is 1. The smallest absolute Gasteiger partial charge is 0.296 e. The fraction of sp³-hybridized carbons (Fsp3) is 0.333. The maximum Gasteiger partial charge on any atom is 0.296 e. The molecule has 11 heteroatoms. The van der Waals surface area contributed by atoms with E-state index < -0.39 is 12.2 Å². The molecule has 9 nitrogen and oxygen atoms in total. The van der Waals surface area contributed by atoms with Crippen LogP contribution < -0.4 is 14.5 Å². The van der Waals surface area contributed by atoms with Crippen LogP contribution in [0.3, 0.4) is 0 Å². The maximum atomic E-state index is 14.0. The number of rotatable bonds is 7. The molecule has 1 saturated heterocycles. The molecule has 1 aliphatic heterocycles. The lowest BCUT2D eigenvalue weighted by atomic mass is 10.2. The summed E-state index contributed by atoms with van der Waals surface area (Å²) < 4.78 is 40.0. The van der Waals surface area contributed by atoms with E-state index in [1.807, 2.05) is 41.1 Å². The summed E-state index contributed by atoms with van der Waals surface area (Å²) in [5.41, 5.74) is 1.97. The lowest BCUT2D eigenvalue weighted by Gasteiger charge is -2.28. The van der Waals surface area contributed by atoms with Crippen molar-refractivity contribution in [3.8, 4) is 11.7 Å². The third-order valence-corrected chi connectivity index (χ3v) is 5.80. The predicted molar refractivity (Wildman–Crippen MR) is 128 cm³/mol. The second-order valence-corrected chi connectivity index (χ2v) is 8.13. The zero-order chi connectivity index (χ0) is 24.4. The third-order valence-electron chi connectivity index (χ3n) is 5.80. The fourth-order valence-electron chi connectivity index (χ4n) is 4.00. The van der Waals surface area contributed by atoms with Crippen molar-refractivity contribution in [1.29, 1.82) is 0 Å². The molecule has 2 aromatic carbocycles. The number of anilines is 2. The number of benzene rings is 2. The van der Waals surface area contributed by atoms with Crippen LogP contribution in [-0.4, -0.2) is 65.0 Å². The number of ether oxygens (including phenoxy) is 2. The monoisotopic (exact) mass is 481 g/mol. The van der Waals surface area contributed by atoms with Gasteiger partial charge in [-0.2, -0.15) is 15.0 Å². The first-order valence-electron chi connectivity index (χ1n) is 11.2. The highest BCUT2D eigenvalue weighted by molar-refractivity contribution is 5.77. The van der Waals surface area contributed by atoms with Crippen molar-refractivity contribution in [1.82, 2.24) is 24.5 Å². The van der Waals surface area contributed by atoms with Crippen molar-refractivity contribution in [2.75, 3.05) is 50.3 Å². The maximum absolute atomic E-state index is 14.0. The summed E-state index contributed by atoms with van der Waals surface area (Å²) in [6.07, 6.45) is -2.80. The summed E-state index contributed by atoms with van der Waals surface area (Å²) in [7, 11) is 3.47. The summed E-state index contributed by atoms with van der Waals surface area (Å²) in [5.74, 6) is 1.23. The van der Waals surface area contributed by atoms with Gasteiger partial charge in [-0.25, -0.2) is 13.8 Å². The number of alkyl halides is 2. The Morgan fingerprint density at radius 1 is 0.971 bits per heavy atom. The first-order valence-corrected chi connectivity index (χ1v) is 11.2. The molecular weight excluding hydrogens is 456 g/mol. The Kier molecular flexibility index (Phi) is 6.41. The topological polar surface area (TPSA) is 81.4 Å². The molecule has 1 fully saturated rings. The van der Waals surface area contributed by atoms with Crippen LogP contribution in [0.5, 0.6) is 5.75 Å². The predicted octanol–water partition coefficient (Wildman–Crippen LogP) is 3.63. The number of morpholine rings is 1. The summed E-state index contributed by atoms with van der Waals surface area (Å²) in [5, 5.41) is 0. The SMILES string of the molecule is COc1ccc(CN(C)c2nc(N3CCOCC3)nc(-n3c(C(F)F)nc4ccccc43)n2)cc1. The molecule has 182 valence electrons. The molecule has 1 aliphatic rings. The number of nitrogens with zero attached hydrogens (tertiary/aromatic N) is 7. The van der Waals surface area contributed by atoms with Gasteiger partial charge in [0.25, 0.3) is 6.43 Å². The molecule has 35 heavy (non-hydrogen) atoms. The fourth-order valence-corrected chi connectivity index (χ4v) is 4.00. The number of imidazole rings is 1. The van der Waals surface area contributed by atoms with Gasteiger partial charge in [0.1, 0.15) is 5.75 Å². The van der Waals surface area contributed by atoms with Gasteiger partial charge in [0.05, 0.1) is 31.4 Å². The molecule has 0 spiro atoms. The molecule has 0 saturated carbocycles. The first-order chi connectivity index (χ1) is 17.0. The third kappa shape index (κ3) is 4.72. The second kappa shape index (κ2) is 9.79. The number of para-hydroxylation sites is 2. The number of halogens is 2. The number of hydrogen-bond acceptors (Lipinski definition) is 8. The van der Waals surface area contributed by atoms with Crippen LogP contribution in [0, 0.1) is 0 Å². The number of methoxy groups -OCH3 is 1. The van der Waals surface area contributed by atoms with Gasteiger partial charge < -0.3 is 19.3 Å². The van der Waals surface area contributed by atoms with E-state index in [1.165, 1.54) is 4.57 Å². The normalized spacial score (nSPS) is 14.0. The number of hydrogen-bond donors (Lipinski definition) is 0. The molecule has 0 N–H and O–H groups in total. The van der Waals surface area contributed by atoms with Gasteiger partial charge in [0.15, 0.2) is 5.82 Å². The van der Waals surface area contributed by atoms with E-state index in [0.29, 0.717) is 55.8 Å². The molecule has 2 aromatic heterocycles. The molecule has 0 bridgehead atoms. The van der Waals surface area contributed by atoms with E-state index in [2.05, 4.69) is 19.9 Å². The molecule has 4 aromatic rings. The van der Waals surface area contributed by atoms with Crippen LogP contribution in [0.2, 0.25) is 0 Å². The van der Waals surface area contributed by atoms with Crippen LogP contribution in [0.15, 0.2) is 48.5 Å². The van der Waals surface area contributed by atoms with E-state index >= 15 is 0 Å². The van der Waals surface area contributed by atoms with Gasteiger partial charge in [0.2, 0.25) is 17.8 Å². The Hall–Kier alpha value is -3.86. The minimum Gasteiger partial charge on any atom is -0.497 e. The zero-order valence-corrected chi connectivity index (χ0v) is 19.4. The molecule has 3 heterocycles. The Bertz CT molecular complexity index is 1310. The van der Waals surface area contributed by atoms with Crippen LogP contribution in [0.4, 0.5) is 20.7 Å². The van der Waals surface area contributed by atoms with Gasteiger partial charge in [0, 0.05) is 26.7 Å². The molecule has 0 aliphatic carbocycles. The lowest BCUT2D eigenvalue weighted by Crippen LogP contribution is -2.38. The highest BCUT2D eigenvalue weighted by atomic mass is 19.3. The summed E-state index contributed by atoms with van der Waals surface area (Å²) in [4.78, 5) is 21.9. The van der Waals surface area contributed by atoms with E-state index in [1.54, 1.807) is 31.4 Å². The molecule has 0 radical (unpaired) electrons. The van der Waals surface area contributed by atoms with Crippen molar-refractivity contribution in [3.05, 3.63) is 59.9 Å². The molecule has 0 atom stereocenters. The Labute approximate surface area is 201 Å². The molecule has 0 unspecified atom stereocenters. The summed E-state index contributed by atoms with van der Waals surface area (Å²) in [6.45, 7) is 2.76. The van der Waals surface area contributed by atoms with Crippen molar-refractivity contribution < 1.29 is 18.3 Å². The van der Waals surface area contributed by atoms with Gasteiger partial charge >= 0.3 is 0 Å². The van der Waals surface area contributed by atoms with Crippen LogP contribution >= 0.6 is 0 Å². The second-order valence-electron chi connectivity index (χ2n) is 8.13. The van der Waals surface area contributed by atoms with Gasteiger partial charge in [-0.05, 0) is 29.8 Å². The quantitative estimate of drug-likeness (QED) is 0.396. The molecule has 5 rings (SSSR count). The Balaban J connectivity index is 1.59. The van der Waals surface area contributed by atoms with E-state index in [-0.39, 0.29) is 5.95 Å². The molecular formula is C24H25F2N7O2. The van der Waals surface area contributed by atoms with Crippen LogP contribution in [0.1, 0.15) is 17.8 Å². The van der Waals surface area contributed by atoms with E-state index in [0.717, 1.165) is 11.3 Å². The first kappa shape index (κ1) is 22.9. The van der Waals surface area contributed by atoms with Gasteiger partial charge in [-0.3, -0.25) is 4.57 Å². The minimum atomic E-state index is -2.80. The Morgan fingerprint density at radius 2 is 1.69 bits per heavy atom. The van der Waals surface area contributed by atoms with Crippen molar-refractivity contribution in [2.45, 2.75) is 13.0 Å². The lowest BCUT2D eigenvalue weighted by molar-refractivity contribution is 0.122. The Morgan fingerprint density at radius 3 is 2.40 bits per heavy atom. The van der Waals surface area contributed by atoms with E-state index in [9.17, 15) is 8.78 Å². The number of aromatic nitrogens is 5. The average Bonchev–Trinajstić information content (AvgIpc) is 3.29. The van der Waals surface area contributed by atoms with Crippen LogP contribution in [-0.2, 0) is 11.3 Å². The van der Waals surface area contributed by atoms with Crippen molar-refractivity contribution in [2.24, 2.45) is 0 Å². The van der Waals surface area contributed by atoms with E-state index in [4.69, 9.17) is 9.47 Å². The van der Waals surface area contributed by atoms with Gasteiger partial charge in [-0.15, -0.1) is 0 Å². The van der Waals surface area contributed by atoms with Crippen molar-refractivity contribution in [3.63, 3.8) is 0 Å². The highest BCUT2D eigenvalue weighted by Crippen LogP contribution is 2.28. The highest BCUT2D eigenvalue weighted by Gasteiger charge is 2.25. The average molecular weight is 482 g/mol. The van der Waals surface area contributed by atoms with Gasteiger partial charge in [-0.1, -0.05) is 24.3 Å². The summed E-state index contributed by atoms with van der Waals surface area (Å²) >= 11 is 0. The zero-order valence-electron chi connectivity index (χ0n) is 19.4. The summed E-state index contributed by atoms with van der Waals surface area (Å²) in [6, 6.07) is 14.6. The molecule has 0 amide bonds. The minimum absolute atomic E-state index is 0.0991. The van der Waals surface area contributed by atoms with Crippen molar-refractivity contribution >= 4 is 22.9 Å². The standard InChI is InChI=1S/C24H25F2N7O2/c1-31(15-16-7-9-17(34-2)10-8-16)22-28-23(32-11-13-35-14-12-32)30-24(29-22)33-19-6-4-3-5-18(19)27-21(33)20(25)26/h3-10,20H,11-15H2,1-2H3. The largest absolute Gasteiger partial charge is 0.497 e.